The van der Waals surface area contributed by atoms with Crippen LogP contribution in [0.5, 0.6) is 0 Å². The first-order chi connectivity index (χ1) is 11.5. The molecule has 0 aliphatic heterocycles. The summed E-state index contributed by atoms with van der Waals surface area (Å²) in [5, 5.41) is 0.287. The number of rotatable bonds is 6. The highest BCUT2D eigenvalue weighted by atomic mass is 16.6. The number of pyridine rings is 1. The highest BCUT2D eigenvalue weighted by Gasteiger charge is 2.38. The van der Waals surface area contributed by atoms with E-state index in [2.05, 4.69) is 4.98 Å². The molecule has 0 amide bonds. The van der Waals surface area contributed by atoms with Crippen LogP contribution in [0.25, 0.3) is 10.9 Å². The van der Waals surface area contributed by atoms with Gasteiger partial charge in [0.2, 0.25) is 5.92 Å². The zero-order valence-corrected chi connectivity index (χ0v) is 13.3. The van der Waals surface area contributed by atoms with Gasteiger partial charge in [-0.25, -0.2) is 0 Å². The van der Waals surface area contributed by atoms with E-state index >= 15 is 0 Å². The van der Waals surface area contributed by atoms with Crippen LogP contribution < -0.4 is 5.43 Å². The van der Waals surface area contributed by atoms with Gasteiger partial charge in [-0.05, 0) is 26.0 Å². The molecule has 0 atom stereocenters. The maximum atomic E-state index is 12.6. The van der Waals surface area contributed by atoms with Crippen LogP contribution in [0.2, 0.25) is 0 Å². The first-order valence-corrected chi connectivity index (χ1v) is 7.49. The number of H-pyrrole nitrogens is 1. The van der Waals surface area contributed by atoms with Crippen molar-refractivity contribution >= 4 is 28.6 Å². The van der Waals surface area contributed by atoms with Gasteiger partial charge in [0.15, 0.2) is 11.2 Å². The summed E-state index contributed by atoms with van der Waals surface area (Å²) in [6, 6.07) is 6.62. The Bertz CT molecular complexity index is 820. The predicted molar refractivity (Wildman–Crippen MR) is 85.7 cm³/mol. The first kappa shape index (κ1) is 17.4. The molecule has 1 heterocycles. The molecule has 24 heavy (non-hydrogen) atoms. The summed E-state index contributed by atoms with van der Waals surface area (Å²) >= 11 is 0. The van der Waals surface area contributed by atoms with Crippen LogP contribution in [0.1, 0.15) is 24.2 Å². The van der Waals surface area contributed by atoms with Crippen molar-refractivity contribution in [2.75, 3.05) is 13.2 Å². The van der Waals surface area contributed by atoms with Gasteiger partial charge < -0.3 is 14.5 Å². The third kappa shape index (κ3) is 3.34. The number of aromatic nitrogens is 1. The number of carbonyl (C=O) groups is 3. The number of hydrogen-bond donors (Lipinski definition) is 1. The number of Topliss-reactive ketones (excluding diaryl/α,β-unsaturated/α-hetero) is 1. The van der Waals surface area contributed by atoms with Crippen molar-refractivity contribution in [2.45, 2.75) is 13.8 Å². The summed E-state index contributed by atoms with van der Waals surface area (Å²) in [7, 11) is 0. The number of aromatic amines is 1. The molecule has 0 unspecified atom stereocenters. The molecule has 0 spiro atoms. The van der Waals surface area contributed by atoms with Gasteiger partial charge in [0.25, 0.3) is 0 Å². The van der Waals surface area contributed by atoms with Crippen molar-refractivity contribution in [1.29, 1.82) is 0 Å². The quantitative estimate of drug-likeness (QED) is 0.488. The number of para-hydroxylation sites is 1. The minimum absolute atomic E-state index is 0.00387. The fourth-order valence-electron chi connectivity index (χ4n) is 2.27. The normalized spacial score (nSPS) is 10.6. The predicted octanol–water partition coefficient (Wildman–Crippen LogP) is 1.45. The summed E-state index contributed by atoms with van der Waals surface area (Å²) < 4.78 is 9.54. The molecule has 1 aromatic carbocycles. The van der Waals surface area contributed by atoms with E-state index in [1.807, 2.05) is 0 Å². The minimum Gasteiger partial charge on any atom is -0.465 e. The first-order valence-electron chi connectivity index (χ1n) is 7.49. The lowest BCUT2D eigenvalue weighted by atomic mass is 9.97. The van der Waals surface area contributed by atoms with Gasteiger partial charge in [-0.1, -0.05) is 12.1 Å². The van der Waals surface area contributed by atoms with E-state index in [1.165, 1.54) is 6.20 Å². The van der Waals surface area contributed by atoms with Crippen molar-refractivity contribution in [3.05, 3.63) is 46.2 Å². The number of hydrogen-bond acceptors (Lipinski definition) is 6. The van der Waals surface area contributed by atoms with Gasteiger partial charge in [0, 0.05) is 17.1 Å². The molecule has 7 nitrogen and oxygen atoms in total. The molecule has 1 aromatic heterocycles. The van der Waals surface area contributed by atoms with Crippen molar-refractivity contribution in [3.63, 3.8) is 0 Å². The number of carbonyl (C=O) groups excluding carboxylic acids is 3. The number of fused-ring (bicyclic) bond motifs is 1. The van der Waals surface area contributed by atoms with Crippen molar-refractivity contribution in [3.8, 4) is 0 Å². The number of ketones is 1. The molecule has 0 aliphatic rings. The van der Waals surface area contributed by atoms with Crippen molar-refractivity contribution < 1.29 is 23.9 Å². The monoisotopic (exact) mass is 331 g/mol. The van der Waals surface area contributed by atoms with Crippen molar-refractivity contribution in [2.24, 2.45) is 5.92 Å². The molecule has 2 rings (SSSR count). The maximum absolute atomic E-state index is 12.6. The third-order valence-corrected chi connectivity index (χ3v) is 3.36. The second-order valence-corrected chi connectivity index (χ2v) is 4.88. The molecule has 126 valence electrons. The summed E-state index contributed by atoms with van der Waals surface area (Å²) in [6.45, 7) is 3.09. The maximum Gasteiger partial charge on any atom is 0.328 e. The molecule has 0 saturated heterocycles. The molecule has 0 fully saturated rings. The molecule has 0 radical (unpaired) electrons. The van der Waals surface area contributed by atoms with Crippen LogP contribution in [0, 0.1) is 5.92 Å². The molecule has 0 aliphatic carbocycles. The van der Waals surface area contributed by atoms with Gasteiger partial charge in [-0.2, -0.15) is 0 Å². The average molecular weight is 331 g/mol. The van der Waals surface area contributed by atoms with Crippen LogP contribution in [-0.4, -0.2) is 35.9 Å². The van der Waals surface area contributed by atoms with Gasteiger partial charge in [0.05, 0.1) is 18.8 Å². The van der Waals surface area contributed by atoms with E-state index in [1.54, 1.807) is 38.1 Å². The lowest BCUT2D eigenvalue weighted by molar-refractivity contribution is -0.158. The van der Waals surface area contributed by atoms with Gasteiger partial charge >= 0.3 is 11.9 Å². The molecule has 1 N–H and O–H groups in total. The van der Waals surface area contributed by atoms with E-state index in [0.717, 1.165) is 0 Å². The Hall–Kier alpha value is -2.96. The second kappa shape index (κ2) is 7.54. The molecule has 7 heteroatoms. The van der Waals surface area contributed by atoms with Gasteiger partial charge in [0.1, 0.15) is 0 Å². The van der Waals surface area contributed by atoms with Gasteiger partial charge in [-0.15, -0.1) is 0 Å². The highest BCUT2D eigenvalue weighted by Crippen LogP contribution is 2.13. The molecule has 0 saturated carbocycles. The molecular formula is C17H17NO6. The summed E-state index contributed by atoms with van der Waals surface area (Å²) in [5.74, 6) is -4.83. The Morgan fingerprint density at radius 2 is 1.62 bits per heavy atom. The fraction of sp³-hybridized carbons (Fsp3) is 0.294. The van der Waals surface area contributed by atoms with E-state index in [-0.39, 0.29) is 24.2 Å². The SMILES string of the molecule is CCOC(=O)C(C(=O)OCC)C(=O)c1c[nH]c2ccccc2c1=O. The Balaban J connectivity index is 2.49. The summed E-state index contributed by atoms with van der Waals surface area (Å²) in [5.41, 5.74) is -0.310. The Morgan fingerprint density at radius 3 is 2.21 bits per heavy atom. The smallest absolute Gasteiger partial charge is 0.328 e. The Labute approximate surface area is 137 Å². The topological polar surface area (TPSA) is 103 Å². The van der Waals surface area contributed by atoms with Crippen LogP contribution in [0.15, 0.2) is 35.3 Å². The average Bonchev–Trinajstić information content (AvgIpc) is 2.56. The zero-order valence-electron chi connectivity index (χ0n) is 13.3. The van der Waals surface area contributed by atoms with E-state index in [0.29, 0.717) is 5.52 Å². The lowest BCUT2D eigenvalue weighted by Gasteiger charge is -2.13. The number of benzene rings is 1. The Kier molecular flexibility index (Phi) is 5.47. The second-order valence-electron chi connectivity index (χ2n) is 4.88. The van der Waals surface area contributed by atoms with Gasteiger partial charge in [-0.3, -0.25) is 19.2 Å². The fourth-order valence-corrected chi connectivity index (χ4v) is 2.27. The lowest BCUT2D eigenvalue weighted by Crippen LogP contribution is -2.37. The number of esters is 2. The van der Waals surface area contributed by atoms with E-state index in [4.69, 9.17) is 9.47 Å². The third-order valence-electron chi connectivity index (χ3n) is 3.36. The minimum atomic E-state index is -1.81. The Morgan fingerprint density at radius 1 is 1.04 bits per heavy atom. The van der Waals surface area contributed by atoms with Crippen LogP contribution in [0.4, 0.5) is 0 Å². The number of ether oxygens (including phenoxy) is 2. The molecular weight excluding hydrogens is 314 g/mol. The van der Waals surface area contributed by atoms with Crippen molar-refractivity contribution in [1.82, 2.24) is 4.98 Å². The zero-order chi connectivity index (χ0) is 17.7. The number of nitrogens with one attached hydrogen (secondary N) is 1. The largest absolute Gasteiger partial charge is 0.465 e. The van der Waals surface area contributed by atoms with Crippen LogP contribution in [-0.2, 0) is 19.1 Å². The molecule has 2 aromatic rings. The summed E-state index contributed by atoms with van der Waals surface area (Å²) in [6.07, 6.45) is 1.19. The highest BCUT2D eigenvalue weighted by molar-refractivity contribution is 6.21. The van der Waals surface area contributed by atoms with Crippen LogP contribution >= 0.6 is 0 Å². The van der Waals surface area contributed by atoms with Crippen LogP contribution in [0.3, 0.4) is 0 Å². The standard InChI is InChI=1S/C17H17NO6/c1-3-23-16(21)13(17(22)24-4-2)15(20)11-9-18-12-8-6-5-7-10(12)14(11)19/h5-9,13H,3-4H2,1-2H3,(H,18,19). The summed E-state index contributed by atoms with van der Waals surface area (Å²) in [4.78, 5) is 51.9. The van der Waals surface area contributed by atoms with E-state index in [9.17, 15) is 19.2 Å². The molecule has 0 bridgehead atoms. The van der Waals surface area contributed by atoms with E-state index < -0.39 is 29.1 Å².